The summed E-state index contributed by atoms with van der Waals surface area (Å²) in [5, 5.41) is 13.9. The number of anilines is 2. The average Bonchev–Trinajstić information content (AvgIpc) is 3.12. The number of carbonyl (C=O) groups is 2. The maximum Gasteiger partial charge on any atom is 0.272 e. The number of rotatable bonds is 5. The van der Waals surface area contributed by atoms with Crippen LogP contribution in [0.3, 0.4) is 0 Å². The van der Waals surface area contributed by atoms with Gasteiger partial charge in [0.05, 0.1) is 16.9 Å². The number of carbonyl (C=O) groups excluding carboxylic acids is 2. The number of nitrogens with two attached hydrogens (primary N) is 2. The van der Waals surface area contributed by atoms with E-state index in [0.717, 1.165) is 10.9 Å². The minimum absolute atomic E-state index is 0.117. The van der Waals surface area contributed by atoms with Crippen molar-refractivity contribution in [1.29, 1.82) is 0 Å². The van der Waals surface area contributed by atoms with E-state index in [-0.39, 0.29) is 17.8 Å². The minimum atomic E-state index is -0.298. The lowest BCUT2D eigenvalue weighted by Gasteiger charge is -2.05. The van der Waals surface area contributed by atoms with Crippen LogP contribution in [0.1, 0.15) is 29.9 Å². The molecule has 0 unspecified atom stereocenters. The summed E-state index contributed by atoms with van der Waals surface area (Å²) >= 11 is 0. The predicted molar refractivity (Wildman–Crippen MR) is 115 cm³/mol. The van der Waals surface area contributed by atoms with Gasteiger partial charge in [-0.15, -0.1) is 5.10 Å². The van der Waals surface area contributed by atoms with Gasteiger partial charge < -0.3 is 27.1 Å². The smallest absolute Gasteiger partial charge is 0.272 e. The van der Waals surface area contributed by atoms with E-state index in [2.05, 4.69) is 25.8 Å². The number of guanidine groups is 1. The summed E-state index contributed by atoms with van der Waals surface area (Å²) in [7, 11) is 0. The van der Waals surface area contributed by atoms with Gasteiger partial charge in [-0.25, -0.2) is 0 Å². The zero-order valence-corrected chi connectivity index (χ0v) is 16.0. The Morgan fingerprint density at radius 3 is 2.34 bits per heavy atom. The van der Waals surface area contributed by atoms with Crippen LogP contribution >= 0.6 is 0 Å². The summed E-state index contributed by atoms with van der Waals surface area (Å²) in [5.74, 6) is -0.598. The summed E-state index contributed by atoms with van der Waals surface area (Å²) in [5.41, 5.74) is 14.3. The van der Waals surface area contributed by atoms with Gasteiger partial charge in [0.2, 0.25) is 11.9 Å². The highest BCUT2D eigenvalue weighted by Gasteiger charge is 2.12. The third kappa shape index (κ3) is 4.78. The van der Waals surface area contributed by atoms with Crippen LogP contribution in [0.15, 0.2) is 58.7 Å². The molecule has 0 aliphatic carbocycles. The number of para-hydroxylation sites is 1. The van der Waals surface area contributed by atoms with Crippen LogP contribution in [0.2, 0.25) is 0 Å². The van der Waals surface area contributed by atoms with Crippen molar-refractivity contribution in [1.82, 2.24) is 4.98 Å². The van der Waals surface area contributed by atoms with Gasteiger partial charge in [-0.3, -0.25) is 9.59 Å². The molecule has 2 aromatic carbocycles. The summed E-state index contributed by atoms with van der Waals surface area (Å²) in [6.45, 7) is 3.21. The molecule has 9 nitrogen and oxygen atoms in total. The van der Waals surface area contributed by atoms with E-state index in [0.29, 0.717) is 28.3 Å². The van der Waals surface area contributed by atoms with Gasteiger partial charge in [0.15, 0.2) is 0 Å². The maximum atomic E-state index is 12.6. The van der Waals surface area contributed by atoms with Crippen LogP contribution in [-0.2, 0) is 4.79 Å². The van der Waals surface area contributed by atoms with Gasteiger partial charge in [-0.1, -0.05) is 24.3 Å². The third-order valence-corrected chi connectivity index (χ3v) is 4.09. The molecule has 0 fully saturated rings. The van der Waals surface area contributed by atoms with Crippen molar-refractivity contribution >= 4 is 45.8 Å². The number of fused-ring (bicyclic) bond motifs is 1. The second-order valence-corrected chi connectivity index (χ2v) is 6.38. The quantitative estimate of drug-likeness (QED) is 0.258. The molecular weight excluding hydrogens is 370 g/mol. The molecule has 1 aromatic heterocycles. The van der Waals surface area contributed by atoms with E-state index in [9.17, 15) is 9.59 Å². The molecule has 3 rings (SSSR count). The first-order valence-electron chi connectivity index (χ1n) is 8.78. The molecule has 3 aromatic rings. The van der Waals surface area contributed by atoms with Crippen LogP contribution in [0.25, 0.3) is 10.9 Å². The molecule has 0 saturated carbocycles. The maximum absolute atomic E-state index is 12.6. The number of H-pyrrole nitrogens is 1. The number of amides is 2. The summed E-state index contributed by atoms with van der Waals surface area (Å²) in [6, 6.07) is 14.3. The summed E-state index contributed by atoms with van der Waals surface area (Å²) in [6.07, 6.45) is 0. The van der Waals surface area contributed by atoms with Crippen LogP contribution < -0.4 is 22.1 Å². The van der Waals surface area contributed by atoms with Gasteiger partial charge in [-0.05, 0) is 36.8 Å². The highest BCUT2D eigenvalue weighted by molar-refractivity contribution is 6.08. The summed E-state index contributed by atoms with van der Waals surface area (Å²) in [4.78, 5) is 27.0. The SMILES string of the molecule is CC(=O)Nc1cccc2cc(C(=O)Nc3ccc(/C(C)=N\N=C(N)N)cc3)[nH]c12. The Morgan fingerprint density at radius 2 is 1.69 bits per heavy atom. The van der Waals surface area contributed by atoms with Crippen LogP contribution in [0, 0.1) is 0 Å². The van der Waals surface area contributed by atoms with Gasteiger partial charge in [0.1, 0.15) is 5.69 Å². The first kappa shape index (κ1) is 19.6. The van der Waals surface area contributed by atoms with Crippen molar-refractivity contribution in [3.63, 3.8) is 0 Å². The van der Waals surface area contributed by atoms with E-state index in [1.807, 2.05) is 12.1 Å². The second-order valence-electron chi connectivity index (χ2n) is 6.38. The number of hydrogen-bond donors (Lipinski definition) is 5. The van der Waals surface area contributed by atoms with E-state index in [1.165, 1.54) is 6.92 Å². The first-order chi connectivity index (χ1) is 13.8. The van der Waals surface area contributed by atoms with E-state index >= 15 is 0 Å². The molecule has 0 spiro atoms. The van der Waals surface area contributed by atoms with Crippen molar-refractivity contribution in [2.45, 2.75) is 13.8 Å². The van der Waals surface area contributed by atoms with Gasteiger partial charge in [-0.2, -0.15) is 5.10 Å². The predicted octanol–water partition coefficient (Wildman–Crippen LogP) is 2.38. The topological polar surface area (TPSA) is 151 Å². The van der Waals surface area contributed by atoms with Crippen LogP contribution in [-0.4, -0.2) is 28.5 Å². The average molecular weight is 391 g/mol. The number of hydrogen-bond acceptors (Lipinski definition) is 4. The fourth-order valence-electron chi connectivity index (χ4n) is 2.76. The lowest BCUT2D eigenvalue weighted by Crippen LogP contribution is -2.22. The summed E-state index contributed by atoms with van der Waals surface area (Å²) < 4.78 is 0. The van der Waals surface area contributed by atoms with Crippen LogP contribution in [0.5, 0.6) is 0 Å². The van der Waals surface area contributed by atoms with Crippen molar-refractivity contribution in [2.75, 3.05) is 10.6 Å². The molecule has 0 saturated heterocycles. The number of nitrogens with zero attached hydrogens (tertiary/aromatic N) is 2. The molecular formula is C20H21N7O2. The number of aromatic amines is 1. The van der Waals surface area contributed by atoms with Crippen molar-refractivity contribution in [3.05, 3.63) is 59.8 Å². The fraction of sp³-hybridized carbons (Fsp3) is 0.100. The molecule has 0 aliphatic heterocycles. The van der Waals surface area contributed by atoms with Gasteiger partial charge >= 0.3 is 0 Å². The van der Waals surface area contributed by atoms with E-state index in [4.69, 9.17) is 11.5 Å². The molecule has 2 amide bonds. The van der Waals surface area contributed by atoms with E-state index < -0.39 is 0 Å². The Hall–Kier alpha value is -4.14. The Morgan fingerprint density at radius 1 is 0.966 bits per heavy atom. The molecule has 0 atom stereocenters. The van der Waals surface area contributed by atoms with Crippen molar-refractivity contribution < 1.29 is 9.59 Å². The zero-order chi connectivity index (χ0) is 21.0. The minimum Gasteiger partial charge on any atom is -0.369 e. The lowest BCUT2D eigenvalue weighted by atomic mass is 10.1. The molecule has 0 bridgehead atoms. The standard InChI is InChI=1S/C20H21N7O2/c1-11(26-27-20(21)22)13-6-8-15(9-7-13)24-19(29)17-10-14-4-3-5-16(18(14)25-17)23-12(2)28/h3-10,25H,1-2H3,(H,23,28)(H,24,29)(H4,21,22,27)/b26-11-. The fourth-order valence-corrected chi connectivity index (χ4v) is 2.76. The molecule has 29 heavy (non-hydrogen) atoms. The molecule has 9 heteroatoms. The Bertz CT molecular complexity index is 1120. The highest BCUT2D eigenvalue weighted by atomic mass is 16.2. The number of nitrogens with one attached hydrogen (secondary N) is 3. The monoisotopic (exact) mass is 391 g/mol. The lowest BCUT2D eigenvalue weighted by molar-refractivity contribution is -0.114. The Labute approximate surface area is 166 Å². The molecule has 148 valence electrons. The molecule has 0 aliphatic rings. The Balaban J connectivity index is 1.77. The Kier molecular flexibility index (Phi) is 5.59. The largest absolute Gasteiger partial charge is 0.369 e. The zero-order valence-electron chi connectivity index (χ0n) is 16.0. The number of aromatic nitrogens is 1. The molecule has 7 N–H and O–H groups in total. The van der Waals surface area contributed by atoms with Crippen molar-refractivity contribution in [3.8, 4) is 0 Å². The third-order valence-electron chi connectivity index (χ3n) is 4.09. The molecule has 0 radical (unpaired) electrons. The van der Waals surface area contributed by atoms with Crippen LogP contribution in [0.4, 0.5) is 11.4 Å². The molecule has 1 heterocycles. The van der Waals surface area contributed by atoms with Crippen molar-refractivity contribution in [2.24, 2.45) is 21.7 Å². The van der Waals surface area contributed by atoms with E-state index in [1.54, 1.807) is 43.3 Å². The first-order valence-corrected chi connectivity index (χ1v) is 8.78. The van der Waals surface area contributed by atoms with Gasteiger partial charge in [0.25, 0.3) is 5.91 Å². The highest BCUT2D eigenvalue weighted by Crippen LogP contribution is 2.24. The number of benzene rings is 2. The van der Waals surface area contributed by atoms with Gasteiger partial charge in [0, 0.05) is 18.0 Å². The normalized spacial score (nSPS) is 11.2. The second kappa shape index (κ2) is 8.26.